The molecular weight excluding hydrogens is 214 g/mol. The Morgan fingerprint density at radius 1 is 1.59 bits per heavy atom. The normalized spacial score (nSPS) is 23.3. The number of rotatable bonds is 6. The fourth-order valence-corrected chi connectivity index (χ4v) is 2.55. The molecule has 1 N–H and O–H groups in total. The van der Waals surface area contributed by atoms with Gasteiger partial charge in [-0.3, -0.25) is 4.79 Å². The number of carbonyl (C=O) groups is 1. The van der Waals surface area contributed by atoms with Gasteiger partial charge in [0.05, 0.1) is 0 Å². The van der Waals surface area contributed by atoms with Gasteiger partial charge in [-0.25, -0.2) is 0 Å². The molecule has 0 amide bonds. The molecule has 0 saturated carbocycles. The Balaban J connectivity index is 2.37. The minimum absolute atomic E-state index is 0.292. The number of hydrogen-bond acceptors (Lipinski definition) is 2. The molecule has 1 aliphatic rings. The number of nitrogens with zero attached hydrogens (tertiary/aromatic N) is 1. The minimum atomic E-state index is -0.670. The number of carboxylic acids is 1. The van der Waals surface area contributed by atoms with Crippen molar-refractivity contribution in [3.63, 3.8) is 0 Å². The van der Waals surface area contributed by atoms with E-state index in [2.05, 4.69) is 25.3 Å². The molecule has 1 rings (SSSR count). The maximum atomic E-state index is 10.7. The van der Waals surface area contributed by atoms with Crippen LogP contribution in [0.4, 0.5) is 0 Å². The summed E-state index contributed by atoms with van der Waals surface area (Å²) >= 11 is 0. The second kappa shape index (κ2) is 6.80. The number of likely N-dealkylation sites (tertiary alicyclic amines) is 1. The lowest BCUT2D eigenvalue weighted by atomic mass is 9.84. The van der Waals surface area contributed by atoms with E-state index in [4.69, 9.17) is 5.11 Å². The van der Waals surface area contributed by atoms with Gasteiger partial charge in [0.25, 0.3) is 0 Å². The molecule has 0 spiro atoms. The summed E-state index contributed by atoms with van der Waals surface area (Å²) in [5.74, 6) is 0.168. The summed E-state index contributed by atoms with van der Waals surface area (Å²) < 4.78 is 0. The molecule has 17 heavy (non-hydrogen) atoms. The van der Waals surface area contributed by atoms with Crippen LogP contribution in [0, 0.1) is 11.8 Å². The van der Waals surface area contributed by atoms with Crippen LogP contribution in [0.2, 0.25) is 0 Å². The van der Waals surface area contributed by atoms with Gasteiger partial charge in [-0.1, -0.05) is 12.5 Å². The first-order valence-corrected chi connectivity index (χ1v) is 6.57. The smallest absolute Gasteiger partial charge is 0.303 e. The third-order valence-corrected chi connectivity index (χ3v) is 3.70. The maximum absolute atomic E-state index is 10.7. The van der Waals surface area contributed by atoms with E-state index in [1.165, 1.54) is 18.4 Å². The third kappa shape index (κ3) is 5.35. The SMILES string of the molecule is C=C(C)CCN1CCCC(C(C)CC(=O)O)C1. The average Bonchev–Trinajstić information content (AvgIpc) is 2.26. The van der Waals surface area contributed by atoms with E-state index in [1.54, 1.807) is 0 Å². The van der Waals surface area contributed by atoms with Crippen molar-refractivity contribution in [1.82, 2.24) is 4.90 Å². The molecular formula is C14H25NO2. The van der Waals surface area contributed by atoms with Crippen molar-refractivity contribution in [3.8, 4) is 0 Å². The number of hydrogen-bond donors (Lipinski definition) is 1. The maximum Gasteiger partial charge on any atom is 0.303 e. The molecule has 1 saturated heterocycles. The largest absolute Gasteiger partial charge is 0.481 e. The van der Waals surface area contributed by atoms with Crippen molar-refractivity contribution < 1.29 is 9.90 Å². The van der Waals surface area contributed by atoms with Crippen molar-refractivity contribution in [2.75, 3.05) is 19.6 Å². The number of aliphatic carboxylic acids is 1. The molecule has 2 atom stereocenters. The van der Waals surface area contributed by atoms with E-state index in [0.29, 0.717) is 18.3 Å². The molecule has 1 fully saturated rings. The molecule has 0 aromatic heterocycles. The van der Waals surface area contributed by atoms with Crippen molar-refractivity contribution in [2.24, 2.45) is 11.8 Å². The molecule has 0 radical (unpaired) electrons. The van der Waals surface area contributed by atoms with Crippen LogP contribution < -0.4 is 0 Å². The van der Waals surface area contributed by atoms with Crippen LogP contribution >= 0.6 is 0 Å². The fourth-order valence-electron chi connectivity index (χ4n) is 2.55. The summed E-state index contributed by atoms with van der Waals surface area (Å²) in [6.07, 6.45) is 3.74. The van der Waals surface area contributed by atoms with Crippen LogP contribution in [0.25, 0.3) is 0 Å². The summed E-state index contributed by atoms with van der Waals surface area (Å²) in [7, 11) is 0. The average molecular weight is 239 g/mol. The van der Waals surface area contributed by atoms with Crippen molar-refractivity contribution >= 4 is 5.97 Å². The highest BCUT2D eigenvalue weighted by Gasteiger charge is 2.25. The second-order valence-electron chi connectivity index (χ2n) is 5.49. The zero-order valence-corrected chi connectivity index (χ0v) is 11.1. The van der Waals surface area contributed by atoms with Crippen molar-refractivity contribution in [2.45, 2.75) is 39.5 Å². The first kappa shape index (κ1) is 14.2. The summed E-state index contributed by atoms with van der Waals surface area (Å²) in [6, 6.07) is 0. The Morgan fingerprint density at radius 3 is 2.88 bits per heavy atom. The van der Waals surface area contributed by atoms with Crippen LogP contribution in [0.15, 0.2) is 12.2 Å². The standard InChI is InChI=1S/C14H25NO2/c1-11(2)6-8-15-7-4-5-13(10-15)12(3)9-14(16)17/h12-13H,1,4-10H2,2-3H3,(H,16,17). The van der Waals surface area contributed by atoms with Gasteiger partial charge in [-0.2, -0.15) is 0 Å². The van der Waals surface area contributed by atoms with E-state index in [1.807, 2.05) is 0 Å². The predicted octanol–water partition coefficient (Wildman–Crippen LogP) is 2.78. The van der Waals surface area contributed by atoms with Gasteiger partial charge < -0.3 is 10.0 Å². The van der Waals surface area contributed by atoms with Crippen LogP contribution in [0.1, 0.15) is 39.5 Å². The lowest BCUT2D eigenvalue weighted by Gasteiger charge is -2.35. The minimum Gasteiger partial charge on any atom is -0.481 e. The molecule has 98 valence electrons. The molecule has 1 heterocycles. The monoisotopic (exact) mass is 239 g/mol. The van der Waals surface area contributed by atoms with Crippen LogP contribution in [-0.2, 0) is 4.79 Å². The Hall–Kier alpha value is -0.830. The first-order valence-electron chi connectivity index (χ1n) is 6.57. The number of piperidine rings is 1. The Morgan fingerprint density at radius 2 is 2.29 bits per heavy atom. The van der Waals surface area contributed by atoms with E-state index in [-0.39, 0.29) is 0 Å². The lowest BCUT2D eigenvalue weighted by Crippen LogP contribution is -2.38. The highest BCUT2D eigenvalue weighted by atomic mass is 16.4. The van der Waals surface area contributed by atoms with Gasteiger partial charge >= 0.3 is 5.97 Å². The Labute approximate surface area is 105 Å². The first-order chi connectivity index (χ1) is 7.99. The molecule has 3 heteroatoms. The van der Waals surface area contributed by atoms with E-state index in [9.17, 15) is 4.79 Å². The van der Waals surface area contributed by atoms with Crippen molar-refractivity contribution in [3.05, 3.63) is 12.2 Å². The highest BCUT2D eigenvalue weighted by Crippen LogP contribution is 2.26. The van der Waals surface area contributed by atoms with E-state index in [0.717, 1.165) is 26.1 Å². The number of carboxylic acid groups (broad SMARTS) is 1. The summed E-state index contributed by atoms with van der Waals surface area (Å²) in [5.41, 5.74) is 1.23. The van der Waals surface area contributed by atoms with Crippen LogP contribution in [-0.4, -0.2) is 35.6 Å². The molecule has 1 aliphatic heterocycles. The van der Waals surface area contributed by atoms with Gasteiger partial charge in [0.1, 0.15) is 0 Å². The third-order valence-electron chi connectivity index (χ3n) is 3.70. The zero-order chi connectivity index (χ0) is 12.8. The van der Waals surface area contributed by atoms with Gasteiger partial charge in [0, 0.05) is 19.5 Å². The summed E-state index contributed by atoms with van der Waals surface area (Å²) in [4.78, 5) is 13.2. The quantitative estimate of drug-likeness (QED) is 0.725. The molecule has 2 unspecified atom stereocenters. The molecule has 0 bridgehead atoms. The van der Waals surface area contributed by atoms with Gasteiger partial charge in [0.2, 0.25) is 0 Å². The Kier molecular flexibility index (Phi) is 5.69. The zero-order valence-electron chi connectivity index (χ0n) is 11.1. The van der Waals surface area contributed by atoms with Crippen molar-refractivity contribution in [1.29, 1.82) is 0 Å². The van der Waals surface area contributed by atoms with Crippen LogP contribution in [0.5, 0.6) is 0 Å². The van der Waals surface area contributed by atoms with E-state index < -0.39 is 5.97 Å². The summed E-state index contributed by atoms with van der Waals surface area (Å²) in [6.45, 7) is 11.4. The summed E-state index contributed by atoms with van der Waals surface area (Å²) in [5, 5.41) is 8.83. The second-order valence-corrected chi connectivity index (χ2v) is 5.49. The lowest BCUT2D eigenvalue weighted by molar-refractivity contribution is -0.138. The highest BCUT2D eigenvalue weighted by molar-refractivity contribution is 5.66. The fraction of sp³-hybridized carbons (Fsp3) is 0.786. The predicted molar refractivity (Wildman–Crippen MR) is 70.0 cm³/mol. The van der Waals surface area contributed by atoms with E-state index >= 15 is 0 Å². The van der Waals surface area contributed by atoms with Gasteiger partial charge in [-0.15, -0.1) is 6.58 Å². The molecule has 0 aromatic rings. The molecule has 3 nitrogen and oxygen atoms in total. The van der Waals surface area contributed by atoms with Crippen LogP contribution in [0.3, 0.4) is 0 Å². The topological polar surface area (TPSA) is 40.5 Å². The molecule has 0 aromatic carbocycles. The van der Waals surface area contributed by atoms with Gasteiger partial charge in [-0.05, 0) is 44.6 Å². The van der Waals surface area contributed by atoms with Gasteiger partial charge in [0.15, 0.2) is 0 Å². The Bertz CT molecular complexity index is 275. The molecule has 0 aliphatic carbocycles.